The molecule has 110 valence electrons. The highest BCUT2D eigenvalue weighted by atomic mass is 32.2. The van der Waals surface area contributed by atoms with Crippen molar-refractivity contribution in [2.24, 2.45) is 0 Å². The van der Waals surface area contributed by atoms with Gasteiger partial charge < -0.3 is 10.4 Å². The van der Waals surface area contributed by atoms with Gasteiger partial charge in [0.1, 0.15) is 0 Å². The molecule has 1 heterocycles. The lowest BCUT2D eigenvalue weighted by Crippen LogP contribution is -2.45. The van der Waals surface area contributed by atoms with E-state index in [1.54, 1.807) is 11.8 Å². The third-order valence-electron chi connectivity index (χ3n) is 3.66. The minimum Gasteiger partial charge on any atom is -0.395 e. The highest BCUT2D eigenvalue weighted by molar-refractivity contribution is 7.98. The van der Waals surface area contributed by atoms with E-state index in [1.807, 2.05) is 30.5 Å². The number of nitrogens with zero attached hydrogens (tertiary/aromatic N) is 1. The van der Waals surface area contributed by atoms with E-state index in [9.17, 15) is 9.90 Å². The highest BCUT2D eigenvalue weighted by Gasteiger charge is 2.23. The summed E-state index contributed by atoms with van der Waals surface area (Å²) in [5.41, 5.74) is 0.833. The number of carbonyl (C=O) groups excluding carboxylic acids is 1. The van der Waals surface area contributed by atoms with Gasteiger partial charge in [0.15, 0.2) is 0 Å². The van der Waals surface area contributed by atoms with Gasteiger partial charge in [-0.15, -0.1) is 11.8 Å². The van der Waals surface area contributed by atoms with Crippen molar-refractivity contribution < 1.29 is 9.90 Å². The van der Waals surface area contributed by atoms with E-state index in [1.165, 1.54) is 0 Å². The van der Waals surface area contributed by atoms with Crippen LogP contribution in [0.3, 0.4) is 0 Å². The van der Waals surface area contributed by atoms with Crippen LogP contribution in [0.4, 0.5) is 5.69 Å². The average molecular weight is 294 g/mol. The molecule has 1 amide bonds. The third kappa shape index (κ3) is 4.23. The van der Waals surface area contributed by atoms with Gasteiger partial charge in [-0.2, -0.15) is 0 Å². The fraction of sp³-hybridized carbons (Fsp3) is 0.533. The van der Waals surface area contributed by atoms with Gasteiger partial charge in [-0.05, 0) is 43.8 Å². The number of thioether (sulfide) groups is 1. The van der Waals surface area contributed by atoms with Gasteiger partial charge in [-0.3, -0.25) is 9.69 Å². The standard InChI is InChI=1S/C15H22N2O2S/c1-20-14-7-4-5-12(9-14)16-15(19)10-17-8-3-2-6-13(17)11-18/h4-5,7,9,13,18H,2-3,6,8,10-11H2,1H3,(H,16,19). The lowest BCUT2D eigenvalue weighted by atomic mass is 10.0. The number of aliphatic hydroxyl groups is 1. The van der Waals surface area contributed by atoms with Gasteiger partial charge in [-0.25, -0.2) is 0 Å². The first-order valence-electron chi connectivity index (χ1n) is 7.01. The number of anilines is 1. The number of likely N-dealkylation sites (tertiary alicyclic amines) is 1. The Labute approximate surface area is 124 Å². The largest absolute Gasteiger partial charge is 0.395 e. The van der Waals surface area contributed by atoms with Crippen LogP contribution in [-0.2, 0) is 4.79 Å². The van der Waals surface area contributed by atoms with E-state index in [-0.39, 0.29) is 18.6 Å². The zero-order chi connectivity index (χ0) is 14.4. The normalized spacial score (nSPS) is 19.8. The van der Waals surface area contributed by atoms with Crippen molar-refractivity contribution in [1.82, 2.24) is 4.90 Å². The zero-order valence-corrected chi connectivity index (χ0v) is 12.7. The van der Waals surface area contributed by atoms with Gasteiger partial charge in [0, 0.05) is 16.6 Å². The van der Waals surface area contributed by atoms with E-state index >= 15 is 0 Å². The van der Waals surface area contributed by atoms with Crippen LogP contribution in [0.1, 0.15) is 19.3 Å². The topological polar surface area (TPSA) is 52.6 Å². The van der Waals surface area contributed by atoms with Crippen molar-refractivity contribution in [3.05, 3.63) is 24.3 Å². The van der Waals surface area contributed by atoms with Crippen LogP contribution in [0.25, 0.3) is 0 Å². The number of hydrogen-bond acceptors (Lipinski definition) is 4. The molecule has 0 spiro atoms. The van der Waals surface area contributed by atoms with Gasteiger partial charge in [-0.1, -0.05) is 12.5 Å². The lowest BCUT2D eigenvalue weighted by Gasteiger charge is -2.33. The van der Waals surface area contributed by atoms with E-state index in [4.69, 9.17) is 0 Å². The third-order valence-corrected chi connectivity index (χ3v) is 4.39. The second-order valence-electron chi connectivity index (χ2n) is 5.08. The summed E-state index contributed by atoms with van der Waals surface area (Å²) in [6, 6.07) is 7.97. The Morgan fingerprint density at radius 1 is 1.50 bits per heavy atom. The fourth-order valence-electron chi connectivity index (χ4n) is 2.56. The van der Waals surface area contributed by atoms with Gasteiger partial charge in [0.25, 0.3) is 0 Å². The number of nitrogens with one attached hydrogen (secondary N) is 1. The summed E-state index contributed by atoms with van der Waals surface area (Å²) in [6.07, 6.45) is 5.23. The molecule has 1 saturated heterocycles. The van der Waals surface area contributed by atoms with Crippen LogP contribution in [0.15, 0.2) is 29.2 Å². The van der Waals surface area contributed by atoms with Crippen molar-refractivity contribution >= 4 is 23.4 Å². The van der Waals surface area contributed by atoms with Crippen LogP contribution >= 0.6 is 11.8 Å². The Balaban J connectivity index is 1.90. The van der Waals surface area contributed by atoms with Crippen molar-refractivity contribution in [3.8, 4) is 0 Å². The molecule has 4 nitrogen and oxygen atoms in total. The van der Waals surface area contributed by atoms with Crippen molar-refractivity contribution in [2.75, 3.05) is 31.3 Å². The first kappa shape index (κ1) is 15.4. The van der Waals surface area contributed by atoms with E-state index in [0.29, 0.717) is 6.54 Å². The summed E-state index contributed by atoms with van der Waals surface area (Å²) < 4.78 is 0. The van der Waals surface area contributed by atoms with E-state index < -0.39 is 0 Å². The summed E-state index contributed by atoms with van der Waals surface area (Å²) in [4.78, 5) is 15.3. The SMILES string of the molecule is CSc1cccc(NC(=O)CN2CCCCC2CO)c1. The summed E-state index contributed by atoms with van der Waals surface area (Å²) >= 11 is 1.65. The summed E-state index contributed by atoms with van der Waals surface area (Å²) in [5.74, 6) is -0.0106. The van der Waals surface area contributed by atoms with Crippen LogP contribution in [0.5, 0.6) is 0 Å². The molecular weight excluding hydrogens is 272 g/mol. The molecule has 0 radical (unpaired) electrons. The Morgan fingerprint density at radius 2 is 2.35 bits per heavy atom. The molecule has 20 heavy (non-hydrogen) atoms. The lowest BCUT2D eigenvalue weighted by molar-refractivity contribution is -0.118. The van der Waals surface area contributed by atoms with Crippen molar-refractivity contribution in [1.29, 1.82) is 0 Å². The quantitative estimate of drug-likeness (QED) is 0.818. The molecule has 2 N–H and O–H groups in total. The molecule has 1 unspecified atom stereocenters. The molecule has 5 heteroatoms. The molecule has 1 atom stereocenters. The molecule has 0 aromatic heterocycles. The van der Waals surface area contributed by atoms with Crippen LogP contribution in [-0.4, -0.2) is 47.9 Å². The number of aliphatic hydroxyl groups excluding tert-OH is 1. The van der Waals surface area contributed by atoms with E-state index in [2.05, 4.69) is 10.2 Å². The minimum atomic E-state index is -0.0106. The second-order valence-corrected chi connectivity index (χ2v) is 5.96. The number of piperidine rings is 1. The number of carbonyl (C=O) groups is 1. The maximum atomic E-state index is 12.1. The molecule has 0 saturated carbocycles. The molecule has 2 rings (SSSR count). The molecule has 0 aliphatic carbocycles. The minimum absolute atomic E-state index is 0.0106. The van der Waals surface area contributed by atoms with Crippen molar-refractivity contribution in [2.45, 2.75) is 30.2 Å². The molecular formula is C15H22N2O2S. The molecule has 0 bridgehead atoms. The summed E-state index contributed by atoms with van der Waals surface area (Å²) in [6.45, 7) is 1.38. The monoisotopic (exact) mass is 294 g/mol. The molecule has 1 aromatic rings. The van der Waals surface area contributed by atoms with Gasteiger partial charge in [0.05, 0.1) is 13.2 Å². The number of benzene rings is 1. The second kappa shape index (κ2) is 7.67. The molecule has 1 aliphatic rings. The first-order valence-corrected chi connectivity index (χ1v) is 8.24. The Hall–Kier alpha value is -1.04. The number of amides is 1. The zero-order valence-electron chi connectivity index (χ0n) is 11.8. The maximum absolute atomic E-state index is 12.1. The Kier molecular flexibility index (Phi) is 5.88. The maximum Gasteiger partial charge on any atom is 0.238 e. The molecule has 1 fully saturated rings. The molecule has 1 aliphatic heterocycles. The predicted octanol–water partition coefficient (Wildman–Crippen LogP) is 2.19. The average Bonchev–Trinajstić information content (AvgIpc) is 2.48. The molecule has 1 aromatic carbocycles. The van der Waals surface area contributed by atoms with Crippen molar-refractivity contribution in [3.63, 3.8) is 0 Å². The van der Waals surface area contributed by atoms with E-state index in [0.717, 1.165) is 36.4 Å². The van der Waals surface area contributed by atoms with Gasteiger partial charge in [0.2, 0.25) is 5.91 Å². The number of rotatable bonds is 5. The predicted molar refractivity (Wildman–Crippen MR) is 83.2 cm³/mol. The Bertz CT molecular complexity index is 453. The summed E-state index contributed by atoms with van der Waals surface area (Å²) in [7, 11) is 0. The first-order chi connectivity index (χ1) is 9.72. The fourth-order valence-corrected chi connectivity index (χ4v) is 3.02. The van der Waals surface area contributed by atoms with Crippen LogP contribution in [0.2, 0.25) is 0 Å². The smallest absolute Gasteiger partial charge is 0.238 e. The highest BCUT2D eigenvalue weighted by Crippen LogP contribution is 2.20. The van der Waals surface area contributed by atoms with Crippen LogP contribution < -0.4 is 5.32 Å². The summed E-state index contributed by atoms with van der Waals surface area (Å²) in [5, 5.41) is 12.3. The number of hydrogen-bond donors (Lipinski definition) is 2. The van der Waals surface area contributed by atoms with Gasteiger partial charge >= 0.3 is 0 Å². The van der Waals surface area contributed by atoms with Crippen LogP contribution in [0, 0.1) is 0 Å². The Morgan fingerprint density at radius 3 is 3.10 bits per heavy atom.